The summed E-state index contributed by atoms with van der Waals surface area (Å²) < 4.78 is 5.32. The molecule has 1 heterocycles. The standard InChI is InChI=1S/C15H27N3O/c1-4-6-10-16-15(18-13(3)5-2)17-11-9-14-8-7-12-19-14/h7-8,12-13H,4-6,9-11H2,1-3H3,(H2,16,17,18). The van der Waals surface area contributed by atoms with Crippen LogP contribution in [0.25, 0.3) is 0 Å². The maximum Gasteiger partial charge on any atom is 0.191 e. The molecular formula is C15H27N3O. The fourth-order valence-electron chi connectivity index (χ4n) is 1.60. The van der Waals surface area contributed by atoms with Crippen molar-refractivity contribution >= 4 is 5.96 Å². The van der Waals surface area contributed by atoms with Crippen molar-refractivity contribution < 1.29 is 4.42 Å². The molecule has 1 aromatic heterocycles. The molecule has 0 aliphatic carbocycles. The van der Waals surface area contributed by atoms with Crippen LogP contribution < -0.4 is 10.6 Å². The van der Waals surface area contributed by atoms with E-state index in [0.717, 1.165) is 44.1 Å². The highest BCUT2D eigenvalue weighted by atomic mass is 16.3. The van der Waals surface area contributed by atoms with Gasteiger partial charge in [-0.2, -0.15) is 0 Å². The molecule has 0 bridgehead atoms. The molecule has 0 aliphatic heterocycles. The predicted octanol–water partition coefficient (Wildman–Crippen LogP) is 2.96. The van der Waals surface area contributed by atoms with Crippen LogP contribution in [0, 0.1) is 0 Å². The van der Waals surface area contributed by atoms with Gasteiger partial charge in [-0.25, -0.2) is 0 Å². The van der Waals surface area contributed by atoms with Gasteiger partial charge in [0.1, 0.15) is 5.76 Å². The van der Waals surface area contributed by atoms with Crippen molar-refractivity contribution in [1.82, 2.24) is 10.6 Å². The van der Waals surface area contributed by atoms with Gasteiger partial charge in [-0.05, 0) is 31.9 Å². The highest BCUT2D eigenvalue weighted by Gasteiger charge is 2.03. The van der Waals surface area contributed by atoms with Crippen molar-refractivity contribution in [3.8, 4) is 0 Å². The minimum absolute atomic E-state index is 0.441. The van der Waals surface area contributed by atoms with Gasteiger partial charge in [-0.1, -0.05) is 20.3 Å². The zero-order valence-electron chi connectivity index (χ0n) is 12.4. The third-order valence-electron chi connectivity index (χ3n) is 3.02. The topological polar surface area (TPSA) is 49.6 Å². The fraction of sp³-hybridized carbons (Fsp3) is 0.667. The van der Waals surface area contributed by atoms with Gasteiger partial charge < -0.3 is 15.1 Å². The second-order valence-electron chi connectivity index (χ2n) is 4.79. The number of hydrogen-bond donors (Lipinski definition) is 2. The first-order valence-electron chi connectivity index (χ1n) is 7.33. The van der Waals surface area contributed by atoms with E-state index in [1.165, 1.54) is 6.42 Å². The third kappa shape index (κ3) is 6.89. The molecular weight excluding hydrogens is 238 g/mol. The molecule has 0 aliphatic rings. The van der Waals surface area contributed by atoms with Crippen LogP contribution in [0.4, 0.5) is 0 Å². The normalized spacial score (nSPS) is 13.3. The number of aliphatic imine (C=N–C) groups is 1. The van der Waals surface area contributed by atoms with Gasteiger partial charge in [0.05, 0.1) is 6.26 Å². The monoisotopic (exact) mass is 265 g/mol. The zero-order chi connectivity index (χ0) is 13.9. The Morgan fingerprint density at radius 2 is 2.26 bits per heavy atom. The molecule has 0 aromatic carbocycles. The van der Waals surface area contributed by atoms with Crippen LogP contribution in [0.3, 0.4) is 0 Å². The van der Waals surface area contributed by atoms with Crippen LogP contribution in [-0.4, -0.2) is 25.1 Å². The lowest BCUT2D eigenvalue weighted by molar-refractivity contribution is 0.506. The van der Waals surface area contributed by atoms with E-state index in [2.05, 4.69) is 36.4 Å². The minimum Gasteiger partial charge on any atom is -0.469 e. The maximum atomic E-state index is 5.32. The molecule has 19 heavy (non-hydrogen) atoms. The fourth-order valence-corrected chi connectivity index (χ4v) is 1.60. The number of rotatable bonds is 8. The molecule has 0 fully saturated rings. The molecule has 0 saturated heterocycles. The van der Waals surface area contributed by atoms with E-state index in [1.54, 1.807) is 6.26 Å². The van der Waals surface area contributed by atoms with Gasteiger partial charge in [-0.3, -0.25) is 4.99 Å². The summed E-state index contributed by atoms with van der Waals surface area (Å²) in [5, 5.41) is 6.77. The molecule has 1 atom stereocenters. The quantitative estimate of drug-likeness (QED) is 0.431. The number of nitrogens with zero attached hydrogens (tertiary/aromatic N) is 1. The summed E-state index contributed by atoms with van der Waals surface area (Å²) in [5.74, 6) is 1.92. The average molecular weight is 265 g/mol. The summed E-state index contributed by atoms with van der Waals surface area (Å²) in [6, 6.07) is 4.36. The van der Waals surface area contributed by atoms with Crippen molar-refractivity contribution in [2.75, 3.05) is 13.1 Å². The Labute approximate surface area is 116 Å². The number of hydrogen-bond acceptors (Lipinski definition) is 2. The van der Waals surface area contributed by atoms with Gasteiger partial charge in [0.2, 0.25) is 0 Å². The maximum absolute atomic E-state index is 5.32. The number of unbranched alkanes of at least 4 members (excludes halogenated alkanes) is 1. The Morgan fingerprint density at radius 1 is 1.42 bits per heavy atom. The highest BCUT2D eigenvalue weighted by Crippen LogP contribution is 1.99. The van der Waals surface area contributed by atoms with Crippen LogP contribution in [0.1, 0.15) is 45.8 Å². The molecule has 2 N–H and O–H groups in total. The molecule has 4 heteroatoms. The van der Waals surface area contributed by atoms with E-state index >= 15 is 0 Å². The summed E-state index contributed by atoms with van der Waals surface area (Å²) >= 11 is 0. The van der Waals surface area contributed by atoms with Crippen LogP contribution in [0.5, 0.6) is 0 Å². The second-order valence-corrected chi connectivity index (χ2v) is 4.79. The van der Waals surface area contributed by atoms with Gasteiger partial charge in [0.15, 0.2) is 5.96 Å². The number of furan rings is 1. The Balaban J connectivity index is 2.36. The molecule has 0 amide bonds. The lowest BCUT2D eigenvalue weighted by atomic mass is 10.3. The molecule has 0 radical (unpaired) electrons. The first kappa shape index (κ1) is 15.6. The smallest absolute Gasteiger partial charge is 0.191 e. The highest BCUT2D eigenvalue weighted by molar-refractivity contribution is 5.80. The number of guanidine groups is 1. The van der Waals surface area contributed by atoms with E-state index < -0.39 is 0 Å². The molecule has 108 valence electrons. The van der Waals surface area contributed by atoms with Gasteiger partial charge in [0.25, 0.3) is 0 Å². The van der Waals surface area contributed by atoms with Crippen LogP contribution in [-0.2, 0) is 6.42 Å². The van der Waals surface area contributed by atoms with Crippen LogP contribution in [0.15, 0.2) is 27.8 Å². The van der Waals surface area contributed by atoms with Gasteiger partial charge >= 0.3 is 0 Å². The Morgan fingerprint density at radius 3 is 2.89 bits per heavy atom. The van der Waals surface area contributed by atoms with Gasteiger partial charge in [0, 0.05) is 25.6 Å². The minimum atomic E-state index is 0.441. The van der Waals surface area contributed by atoms with E-state index in [4.69, 9.17) is 4.42 Å². The third-order valence-corrected chi connectivity index (χ3v) is 3.02. The van der Waals surface area contributed by atoms with Crippen molar-refractivity contribution in [1.29, 1.82) is 0 Å². The summed E-state index contributed by atoms with van der Waals surface area (Å²) in [4.78, 5) is 4.58. The molecule has 1 aromatic rings. The van der Waals surface area contributed by atoms with E-state index in [-0.39, 0.29) is 0 Å². The zero-order valence-corrected chi connectivity index (χ0v) is 12.4. The van der Waals surface area contributed by atoms with Gasteiger partial charge in [-0.15, -0.1) is 0 Å². The molecule has 0 saturated carbocycles. The second kappa shape index (κ2) is 9.48. The average Bonchev–Trinajstić information content (AvgIpc) is 2.91. The molecule has 1 unspecified atom stereocenters. The van der Waals surface area contributed by atoms with E-state index in [9.17, 15) is 0 Å². The summed E-state index contributed by atoms with van der Waals surface area (Å²) in [6.07, 6.45) is 5.98. The molecule has 1 rings (SSSR count). The van der Waals surface area contributed by atoms with Crippen LogP contribution >= 0.6 is 0 Å². The Bertz CT molecular complexity index is 346. The van der Waals surface area contributed by atoms with Crippen molar-refractivity contribution in [3.63, 3.8) is 0 Å². The predicted molar refractivity (Wildman–Crippen MR) is 80.5 cm³/mol. The van der Waals surface area contributed by atoms with Crippen molar-refractivity contribution in [2.24, 2.45) is 4.99 Å². The summed E-state index contributed by atoms with van der Waals surface area (Å²) in [7, 11) is 0. The lowest BCUT2D eigenvalue weighted by Gasteiger charge is -2.16. The Hall–Kier alpha value is -1.45. The van der Waals surface area contributed by atoms with E-state index in [0.29, 0.717) is 6.04 Å². The molecule has 4 nitrogen and oxygen atoms in total. The summed E-state index contributed by atoms with van der Waals surface area (Å²) in [5.41, 5.74) is 0. The first-order valence-corrected chi connectivity index (χ1v) is 7.33. The van der Waals surface area contributed by atoms with Crippen molar-refractivity contribution in [3.05, 3.63) is 24.2 Å². The lowest BCUT2D eigenvalue weighted by Crippen LogP contribution is -2.42. The SMILES string of the molecule is CCCCN=C(NCCc1ccco1)NC(C)CC. The van der Waals surface area contributed by atoms with Crippen molar-refractivity contribution in [2.45, 2.75) is 52.5 Å². The largest absolute Gasteiger partial charge is 0.469 e. The first-order chi connectivity index (χ1) is 9.26. The Kier molecular flexibility index (Phi) is 7.78. The summed E-state index contributed by atoms with van der Waals surface area (Å²) in [6.45, 7) is 8.24. The number of nitrogens with one attached hydrogen (secondary N) is 2. The molecule has 0 spiro atoms. The van der Waals surface area contributed by atoms with Crippen LogP contribution in [0.2, 0.25) is 0 Å². The van der Waals surface area contributed by atoms with E-state index in [1.807, 2.05) is 12.1 Å².